The Kier molecular flexibility index (Phi) is 4.27. The molecule has 1 atom stereocenters. The Morgan fingerprint density at radius 3 is 2.80 bits per heavy atom. The van der Waals surface area contributed by atoms with E-state index in [1.807, 2.05) is 0 Å². The maximum absolute atomic E-state index is 13.0. The highest BCUT2D eigenvalue weighted by atomic mass is 79.9. The van der Waals surface area contributed by atoms with E-state index in [0.29, 0.717) is 15.4 Å². The summed E-state index contributed by atoms with van der Waals surface area (Å²) in [6.45, 7) is -0.752. The van der Waals surface area contributed by atoms with Crippen molar-refractivity contribution in [3.05, 3.63) is 40.5 Å². The molecule has 20 heavy (non-hydrogen) atoms. The number of hydrogen-bond donors (Lipinski definition) is 0. The Bertz CT molecular complexity index is 631. The van der Waals surface area contributed by atoms with Gasteiger partial charge in [-0.05, 0) is 33.6 Å². The van der Waals surface area contributed by atoms with E-state index < -0.39 is 18.7 Å². The van der Waals surface area contributed by atoms with Crippen LogP contribution in [0.25, 0.3) is 10.9 Å². The first-order valence-corrected chi connectivity index (χ1v) is 6.39. The third kappa shape index (κ3) is 3.09. The van der Waals surface area contributed by atoms with Crippen LogP contribution >= 0.6 is 15.9 Å². The van der Waals surface area contributed by atoms with Gasteiger partial charge in [0.05, 0.1) is 5.52 Å². The van der Waals surface area contributed by atoms with Gasteiger partial charge in [-0.2, -0.15) is 13.2 Å². The van der Waals surface area contributed by atoms with Gasteiger partial charge >= 0.3 is 6.18 Å². The van der Waals surface area contributed by atoms with Gasteiger partial charge in [0.25, 0.3) is 6.47 Å². The number of carbonyl (C=O) groups excluding carboxylic acids is 1. The lowest BCUT2D eigenvalue weighted by Gasteiger charge is -2.19. The SMILES string of the molecule is O=COCC(c1cnc2c(Br)cccc2c1)C(F)(F)F. The molecule has 106 valence electrons. The van der Waals surface area contributed by atoms with Crippen LogP contribution in [0, 0.1) is 0 Å². The normalized spacial score (nSPS) is 13.2. The Morgan fingerprint density at radius 1 is 1.40 bits per heavy atom. The largest absolute Gasteiger partial charge is 0.467 e. The van der Waals surface area contributed by atoms with Crippen molar-refractivity contribution in [1.29, 1.82) is 0 Å². The molecule has 0 fully saturated rings. The average molecular weight is 348 g/mol. The molecule has 0 spiro atoms. The zero-order chi connectivity index (χ0) is 14.8. The number of fused-ring (bicyclic) bond motifs is 1. The van der Waals surface area contributed by atoms with Gasteiger partial charge in [-0.25, -0.2) is 0 Å². The van der Waals surface area contributed by atoms with Gasteiger partial charge < -0.3 is 4.74 Å². The van der Waals surface area contributed by atoms with E-state index in [2.05, 4.69) is 25.7 Å². The molecule has 1 aromatic carbocycles. The van der Waals surface area contributed by atoms with Crippen molar-refractivity contribution in [2.24, 2.45) is 0 Å². The highest BCUT2D eigenvalue weighted by molar-refractivity contribution is 9.10. The predicted molar refractivity (Wildman–Crippen MR) is 70.3 cm³/mol. The van der Waals surface area contributed by atoms with Crippen molar-refractivity contribution in [2.45, 2.75) is 12.1 Å². The lowest BCUT2D eigenvalue weighted by atomic mass is 9.99. The molecule has 0 aliphatic rings. The molecular weight excluding hydrogens is 339 g/mol. The summed E-state index contributed by atoms with van der Waals surface area (Å²) in [5, 5.41) is 0.581. The van der Waals surface area contributed by atoms with Crippen LogP contribution in [-0.2, 0) is 9.53 Å². The van der Waals surface area contributed by atoms with Crippen LogP contribution in [0.5, 0.6) is 0 Å². The quantitative estimate of drug-likeness (QED) is 0.789. The maximum Gasteiger partial charge on any atom is 0.399 e. The van der Waals surface area contributed by atoms with Gasteiger partial charge in [0.15, 0.2) is 0 Å². The van der Waals surface area contributed by atoms with E-state index in [-0.39, 0.29) is 12.0 Å². The molecule has 0 bridgehead atoms. The molecule has 3 nitrogen and oxygen atoms in total. The Hall–Kier alpha value is -1.63. The van der Waals surface area contributed by atoms with Crippen LogP contribution < -0.4 is 0 Å². The molecule has 0 aliphatic carbocycles. The number of halogens is 4. The predicted octanol–water partition coefficient (Wildman–Crippen LogP) is 3.82. The smallest absolute Gasteiger partial charge is 0.399 e. The number of para-hydroxylation sites is 1. The summed E-state index contributed by atoms with van der Waals surface area (Å²) < 4.78 is 43.9. The van der Waals surface area contributed by atoms with Crippen LogP contribution in [0.15, 0.2) is 34.9 Å². The van der Waals surface area contributed by atoms with E-state index in [0.717, 1.165) is 6.20 Å². The van der Waals surface area contributed by atoms with Gasteiger partial charge in [-0.1, -0.05) is 12.1 Å². The minimum Gasteiger partial charge on any atom is -0.467 e. The molecule has 1 unspecified atom stereocenters. The Balaban J connectivity index is 2.45. The first-order chi connectivity index (χ1) is 9.43. The molecule has 0 saturated heterocycles. The van der Waals surface area contributed by atoms with Gasteiger partial charge in [-0.15, -0.1) is 0 Å². The summed E-state index contributed by atoms with van der Waals surface area (Å²) >= 11 is 3.28. The number of ether oxygens (including phenoxy) is 1. The molecule has 1 heterocycles. The zero-order valence-electron chi connectivity index (χ0n) is 10.0. The summed E-state index contributed by atoms with van der Waals surface area (Å²) in [6.07, 6.45) is -3.36. The molecule has 2 aromatic rings. The highest BCUT2D eigenvalue weighted by Gasteiger charge is 2.41. The second-order valence-electron chi connectivity index (χ2n) is 4.10. The third-order valence-corrected chi connectivity index (χ3v) is 3.45. The molecule has 0 N–H and O–H groups in total. The van der Waals surface area contributed by atoms with Gasteiger partial charge in [0.2, 0.25) is 0 Å². The van der Waals surface area contributed by atoms with E-state index in [9.17, 15) is 18.0 Å². The van der Waals surface area contributed by atoms with Crippen LogP contribution in [0.3, 0.4) is 0 Å². The van der Waals surface area contributed by atoms with Crippen molar-refractivity contribution in [3.63, 3.8) is 0 Å². The van der Waals surface area contributed by atoms with Crippen LogP contribution in [-0.4, -0.2) is 24.2 Å². The fourth-order valence-corrected chi connectivity index (χ4v) is 2.33. The number of pyridine rings is 1. The molecule has 0 amide bonds. The number of aromatic nitrogens is 1. The first kappa shape index (κ1) is 14.8. The van der Waals surface area contributed by atoms with E-state index in [1.165, 1.54) is 6.07 Å². The summed E-state index contributed by atoms with van der Waals surface area (Å²) in [4.78, 5) is 14.1. The monoisotopic (exact) mass is 347 g/mol. The molecule has 0 saturated carbocycles. The Labute approximate surface area is 120 Å². The summed E-state index contributed by atoms with van der Waals surface area (Å²) in [7, 11) is 0. The second-order valence-corrected chi connectivity index (χ2v) is 4.96. The molecular formula is C13H9BrF3NO2. The standard InChI is InChI=1S/C13H9BrF3NO2/c14-11-3-1-2-8-4-9(5-18-12(8)11)10(6-20-7-19)13(15,16)17/h1-5,7,10H,6H2. The van der Waals surface area contributed by atoms with Crippen molar-refractivity contribution in [1.82, 2.24) is 4.98 Å². The minimum atomic E-state index is -4.51. The molecule has 2 rings (SSSR count). The number of carbonyl (C=O) groups is 1. The number of benzene rings is 1. The lowest BCUT2D eigenvalue weighted by molar-refractivity contribution is -0.164. The van der Waals surface area contributed by atoms with Gasteiger partial charge in [0, 0.05) is 16.1 Å². The average Bonchev–Trinajstić information content (AvgIpc) is 2.38. The topological polar surface area (TPSA) is 39.2 Å². The number of alkyl halides is 3. The van der Waals surface area contributed by atoms with Crippen LogP contribution in [0.2, 0.25) is 0 Å². The summed E-state index contributed by atoms with van der Waals surface area (Å²) in [5.74, 6) is -1.89. The van der Waals surface area contributed by atoms with Crippen LogP contribution in [0.4, 0.5) is 13.2 Å². The fraction of sp³-hybridized carbons (Fsp3) is 0.231. The lowest BCUT2D eigenvalue weighted by Crippen LogP contribution is -2.25. The number of hydrogen-bond acceptors (Lipinski definition) is 3. The highest BCUT2D eigenvalue weighted by Crippen LogP contribution is 2.36. The third-order valence-electron chi connectivity index (χ3n) is 2.81. The first-order valence-electron chi connectivity index (χ1n) is 5.59. The van der Waals surface area contributed by atoms with Crippen molar-refractivity contribution < 1.29 is 22.7 Å². The van der Waals surface area contributed by atoms with Crippen molar-refractivity contribution >= 4 is 33.3 Å². The van der Waals surface area contributed by atoms with E-state index in [4.69, 9.17) is 0 Å². The van der Waals surface area contributed by atoms with Gasteiger partial charge in [-0.3, -0.25) is 9.78 Å². The number of rotatable bonds is 4. The molecule has 0 aliphatic heterocycles. The van der Waals surface area contributed by atoms with Crippen LogP contribution in [0.1, 0.15) is 11.5 Å². The number of nitrogens with zero attached hydrogens (tertiary/aromatic N) is 1. The Morgan fingerprint density at radius 2 is 2.15 bits per heavy atom. The van der Waals surface area contributed by atoms with Gasteiger partial charge in [0.1, 0.15) is 12.5 Å². The maximum atomic E-state index is 13.0. The summed E-state index contributed by atoms with van der Waals surface area (Å²) in [5.41, 5.74) is 0.540. The molecule has 7 heteroatoms. The second kappa shape index (κ2) is 5.78. The van der Waals surface area contributed by atoms with E-state index in [1.54, 1.807) is 18.2 Å². The molecule has 1 aromatic heterocycles. The van der Waals surface area contributed by atoms with E-state index >= 15 is 0 Å². The fourth-order valence-electron chi connectivity index (χ4n) is 1.85. The minimum absolute atomic E-state index is 0.00377. The molecule has 0 radical (unpaired) electrons. The van der Waals surface area contributed by atoms with Crippen molar-refractivity contribution in [2.75, 3.05) is 6.61 Å². The zero-order valence-corrected chi connectivity index (χ0v) is 11.6. The summed E-state index contributed by atoms with van der Waals surface area (Å²) in [6, 6.07) is 6.54. The van der Waals surface area contributed by atoms with Crippen molar-refractivity contribution in [3.8, 4) is 0 Å².